The summed E-state index contributed by atoms with van der Waals surface area (Å²) in [5.41, 5.74) is 0. The highest BCUT2D eigenvalue weighted by Gasteiger charge is 2.46. The van der Waals surface area contributed by atoms with E-state index in [1.807, 2.05) is 0 Å². The zero-order chi connectivity index (χ0) is 17.2. The van der Waals surface area contributed by atoms with Gasteiger partial charge in [0.05, 0.1) is 5.97 Å². The average Bonchev–Trinajstić information content (AvgIpc) is 2.80. The Bertz CT molecular complexity index is 336. The largest absolute Gasteiger partial charge is 0.547 e. The molecule has 23 heavy (non-hydrogen) atoms. The van der Waals surface area contributed by atoms with Gasteiger partial charge in [0.1, 0.15) is 24.4 Å². The van der Waals surface area contributed by atoms with Gasteiger partial charge in [0.2, 0.25) is 0 Å². The fourth-order valence-electron chi connectivity index (χ4n) is 2.64. The zero-order valence-corrected chi connectivity index (χ0v) is 13.7. The summed E-state index contributed by atoms with van der Waals surface area (Å²) >= 11 is 0. The van der Waals surface area contributed by atoms with Gasteiger partial charge in [-0.25, -0.2) is 0 Å². The molecule has 136 valence electrons. The lowest BCUT2D eigenvalue weighted by atomic mass is 10.1. The quantitative estimate of drug-likeness (QED) is 0.420. The van der Waals surface area contributed by atoms with E-state index in [1.54, 1.807) is 0 Å². The number of aliphatic carboxylic acids is 1. The molecule has 0 aromatic heterocycles. The van der Waals surface area contributed by atoms with Crippen molar-refractivity contribution in [3.05, 3.63) is 0 Å². The fraction of sp³-hybridized carbons (Fsp3) is 0.938. The molecule has 1 aliphatic rings. The lowest BCUT2D eigenvalue weighted by Crippen LogP contribution is -2.48. The second-order valence-electron chi connectivity index (χ2n) is 6.06. The van der Waals surface area contributed by atoms with Gasteiger partial charge in [0.15, 0.2) is 6.29 Å². The molecule has 1 fully saturated rings. The number of rotatable bonds is 12. The van der Waals surface area contributed by atoms with Crippen molar-refractivity contribution < 1.29 is 34.7 Å². The molecule has 1 rings (SSSR count). The molecule has 7 nitrogen and oxygen atoms in total. The van der Waals surface area contributed by atoms with Crippen molar-refractivity contribution in [2.45, 2.75) is 89.0 Å². The van der Waals surface area contributed by atoms with Gasteiger partial charge in [-0.1, -0.05) is 51.9 Å². The first-order chi connectivity index (χ1) is 11.0. The summed E-state index contributed by atoms with van der Waals surface area (Å²) in [4.78, 5) is 10.6. The van der Waals surface area contributed by atoms with Gasteiger partial charge in [-0.05, 0) is 6.42 Å². The molecule has 0 bridgehead atoms. The van der Waals surface area contributed by atoms with Crippen LogP contribution >= 0.6 is 0 Å². The number of ether oxygens (including phenoxy) is 2. The van der Waals surface area contributed by atoms with E-state index < -0.39 is 36.7 Å². The van der Waals surface area contributed by atoms with Crippen LogP contribution in [0.5, 0.6) is 0 Å². The molecule has 0 aliphatic carbocycles. The standard InChI is InChI=1S/C16H30O7/c1-2-3-4-5-6-7-8-9-10-22-16-12(18)11(17)14(23-16)13(19)15(20)21/h11-14,16-19H,2-10H2,1H3,(H,20,21)/p-1/t11?,12?,13?,14-,16+/m0/s1. The van der Waals surface area contributed by atoms with Crippen LogP contribution in [0.2, 0.25) is 0 Å². The Hall–Kier alpha value is -0.730. The maximum atomic E-state index is 10.6. The molecule has 7 heteroatoms. The Kier molecular flexibility index (Phi) is 9.66. The van der Waals surface area contributed by atoms with Crippen LogP contribution in [0.3, 0.4) is 0 Å². The zero-order valence-electron chi connectivity index (χ0n) is 13.7. The van der Waals surface area contributed by atoms with E-state index in [9.17, 15) is 25.2 Å². The van der Waals surface area contributed by atoms with Gasteiger partial charge >= 0.3 is 0 Å². The van der Waals surface area contributed by atoms with Crippen molar-refractivity contribution in [1.29, 1.82) is 0 Å². The number of hydrogen-bond donors (Lipinski definition) is 3. The minimum Gasteiger partial charge on any atom is -0.547 e. The lowest BCUT2D eigenvalue weighted by Gasteiger charge is -2.21. The lowest BCUT2D eigenvalue weighted by molar-refractivity contribution is -0.320. The van der Waals surface area contributed by atoms with Crippen molar-refractivity contribution in [3.63, 3.8) is 0 Å². The Morgan fingerprint density at radius 2 is 1.65 bits per heavy atom. The summed E-state index contributed by atoms with van der Waals surface area (Å²) in [6, 6.07) is 0. The molecule has 0 radical (unpaired) electrons. The summed E-state index contributed by atoms with van der Waals surface area (Å²) < 4.78 is 10.4. The van der Waals surface area contributed by atoms with Crippen molar-refractivity contribution in [2.24, 2.45) is 0 Å². The van der Waals surface area contributed by atoms with Gasteiger partial charge in [0, 0.05) is 6.61 Å². The number of carboxylic acid groups (broad SMARTS) is 1. The van der Waals surface area contributed by atoms with E-state index in [1.165, 1.54) is 32.1 Å². The van der Waals surface area contributed by atoms with Crippen molar-refractivity contribution in [2.75, 3.05) is 6.61 Å². The summed E-state index contributed by atoms with van der Waals surface area (Å²) in [6.45, 7) is 2.53. The first-order valence-electron chi connectivity index (χ1n) is 8.51. The number of carbonyl (C=O) groups is 1. The maximum Gasteiger partial charge on any atom is 0.186 e. The average molecular weight is 333 g/mol. The highest BCUT2D eigenvalue weighted by atomic mass is 16.7. The number of hydrogen-bond acceptors (Lipinski definition) is 7. The van der Waals surface area contributed by atoms with Crippen LogP contribution in [0.4, 0.5) is 0 Å². The third-order valence-corrected chi connectivity index (χ3v) is 4.09. The molecule has 1 saturated heterocycles. The van der Waals surface area contributed by atoms with Crippen LogP contribution in [0.15, 0.2) is 0 Å². The Morgan fingerprint density at radius 3 is 2.22 bits per heavy atom. The number of unbranched alkanes of at least 4 members (excludes halogenated alkanes) is 7. The van der Waals surface area contributed by atoms with Crippen LogP contribution in [-0.4, -0.2) is 58.6 Å². The Morgan fingerprint density at radius 1 is 1.09 bits per heavy atom. The highest BCUT2D eigenvalue weighted by Crippen LogP contribution is 2.24. The summed E-state index contributed by atoms with van der Waals surface area (Å²) in [6.07, 6.45) is 1.66. The summed E-state index contributed by atoms with van der Waals surface area (Å²) in [5.74, 6) is -1.76. The molecule has 0 saturated carbocycles. The Balaban J connectivity index is 2.14. The van der Waals surface area contributed by atoms with Crippen LogP contribution in [0, 0.1) is 0 Å². The van der Waals surface area contributed by atoms with Gasteiger partial charge < -0.3 is 34.7 Å². The molecule has 0 spiro atoms. The van der Waals surface area contributed by atoms with E-state index >= 15 is 0 Å². The van der Waals surface area contributed by atoms with E-state index in [0.717, 1.165) is 19.3 Å². The summed E-state index contributed by atoms with van der Waals surface area (Å²) in [5, 5.41) is 39.4. The molecule has 0 aromatic rings. The minimum atomic E-state index is -2.00. The second-order valence-corrected chi connectivity index (χ2v) is 6.06. The van der Waals surface area contributed by atoms with Crippen LogP contribution < -0.4 is 5.11 Å². The van der Waals surface area contributed by atoms with E-state index in [-0.39, 0.29) is 0 Å². The van der Waals surface area contributed by atoms with Crippen LogP contribution in [0.25, 0.3) is 0 Å². The smallest absolute Gasteiger partial charge is 0.186 e. The first kappa shape index (κ1) is 20.3. The highest BCUT2D eigenvalue weighted by molar-refractivity contribution is 5.70. The van der Waals surface area contributed by atoms with E-state index in [4.69, 9.17) is 9.47 Å². The molecule has 5 atom stereocenters. The van der Waals surface area contributed by atoms with E-state index in [2.05, 4.69) is 6.92 Å². The molecule has 0 amide bonds. The fourth-order valence-corrected chi connectivity index (χ4v) is 2.64. The predicted octanol–water partition coefficient (Wildman–Crippen LogP) is -0.299. The number of carbonyl (C=O) groups excluding carboxylic acids is 1. The molecule has 1 heterocycles. The SMILES string of the molecule is CCCCCCCCCCO[C@@H]1O[C@H](C(O)C(=O)[O-])C(O)C1O. The first-order valence-corrected chi connectivity index (χ1v) is 8.51. The predicted molar refractivity (Wildman–Crippen MR) is 80.3 cm³/mol. The van der Waals surface area contributed by atoms with Gasteiger partial charge in [-0.3, -0.25) is 0 Å². The molecular formula is C16H29O7-. The molecule has 0 aromatic carbocycles. The third-order valence-electron chi connectivity index (χ3n) is 4.09. The maximum absolute atomic E-state index is 10.6. The number of aliphatic hydroxyl groups excluding tert-OH is 3. The van der Waals surface area contributed by atoms with Crippen molar-refractivity contribution in [3.8, 4) is 0 Å². The van der Waals surface area contributed by atoms with Crippen molar-refractivity contribution >= 4 is 5.97 Å². The molecular weight excluding hydrogens is 304 g/mol. The number of aliphatic hydroxyl groups is 3. The monoisotopic (exact) mass is 333 g/mol. The summed E-state index contributed by atoms with van der Waals surface area (Å²) in [7, 11) is 0. The van der Waals surface area contributed by atoms with E-state index in [0.29, 0.717) is 6.61 Å². The minimum absolute atomic E-state index is 0.345. The van der Waals surface area contributed by atoms with Crippen LogP contribution in [-0.2, 0) is 14.3 Å². The normalized spacial score (nSPS) is 28.9. The van der Waals surface area contributed by atoms with Gasteiger partial charge in [0.25, 0.3) is 0 Å². The third kappa shape index (κ3) is 6.73. The van der Waals surface area contributed by atoms with Gasteiger partial charge in [-0.2, -0.15) is 0 Å². The van der Waals surface area contributed by atoms with Gasteiger partial charge in [-0.15, -0.1) is 0 Å². The second kappa shape index (κ2) is 10.9. The van der Waals surface area contributed by atoms with Crippen molar-refractivity contribution in [1.82, 2.24) is 0 Å². The van der Waals surface area contributed by atoms with Crippen LogP contribution in [0.1, 0.15) is 58.3 Å². The topological polar surface area (TPSA) is 119 Å². The molecule has 3 unspecified atom stereocenters. The molecule has 3 N–H and O–H groups in total. The molecule has 1 aliphatic heterocycles. The Labute approximate surface area is 137 Å². The number of carboxylic acids is 1.